The van der Waals surface area contributed by atoms with Crippen molar-refractivity contribution in [2.45, 2.75) is 58.8 Å². The number of methoxy groups -OCH3 is 1. The quantitative estimate of drug-likeness (QED) is 0.508. The van der Waals surface area contributed by atoms with Crippen LogP contribution in [0.4, 0.5) is 13.2 Å². The number of benzene rings is 2. The third kappa shape index (κ3) is 7.83. The van der Waals surface area contributed by atoms with Gasteiger partial charge in [0.25, 0.3) is 0 Å². The smallest absolute Gasteiger partial charge is 0.383 e. The van der Waals surface area contributed by atoms with E-state index in [0.717, 1.165) is 63.2 Å². The first-order chi connectivity index (χ1) is 15.5. The van der Waals surface area contributed by atoms with Gasteiger partial charge in [-0.05, 0) is 72.2 Å². The van der Waals surface area contributed by atoms with Gasteiger partial charge in [-0.15, -0.1) is 0 Å². The Morgan fingerprint density at radius 2 is 1.67 bits per heavy atom. The first-order valence-corrected chi connectivity index (χ1v) is 11.8. The summed E-state index contributed by atoms with van der Waals surface area (Å²) in [6, 6.07) is 12.4. The van der Waals surface area contributed by atoms with E-state index in [9.17, 15) is 13.2 Å². The molecule has 6 heteroatoms. The third-order valence-electron chi connectivity index (χ3n) is 6.21. The van der Waals surface area contributed by atoms with Crippen molar-refractivity contribution in [1.82, 2.24) is 10.2 Å². The van der Waals surface area contributed by atoms with Crippen LogP contribution in [0.5, 0.6) is 0 Å². The van der Waals surface area contributed by atoms with Gasteiger partial charge in [-0.2, -0.15) is 13.2 Å². The van der Waals surface area contributed by atoms with Crippen molar-refractivity contribution in [2.24, 2.45) is 5.41 Å². The average molecular weight is 463 g/mol. The molecule has 0 saturated carbocycles. The molecule has 3 nitrogen and oxygen atoms in total. The zero-order chi connectivity index (χ0) is 24.1. The van der Waals surface area contributed by atoms with Crippen molar-refractivity contribution in [3.63, 3.8) is 0 Å². The minimum atomic E-state index is -4.32. The molecule has 1 saturated heterocycles. The second-order valence-electron chi connectivity index (χ2n) is 10.3. The summed E-state index contributed by atoms with van der Waals surface area (Å²) in [5.74, 6) is 0. The van der Waals surface area contributed by atoms with Crippen molar-refractivity contribution in [2.75, 3.05) is 33.4 Å². The summed E-state index contributed by atoms with van der Waals surface area (Å²) in [5, 5.41) is 3.70. The van der Waals surface area contributed by atoms with Crippen LogP contribution in [-0.4, -0.2) is 44.3 Å². The van der Waals surface area contributed by atoms with Crippen LogP contribution >= 0.6 is 0 Å². The maximum Gasteiger partial charge on any atom is 0.416 e. The van der Waals surface area contributed by atoms with Gasteiger partial charge in [-0.3, -0.25) is 0 Å². The van der Waals surface area contributed by atoms with Gasteiger partial charge in [-0.25, -0.2) is 0 Å². The van der Waals surface area contributed by atoms with Crippen molar-refractivity contribution in [3.8, 4) is 11.1 Å². The maximum absolute atomic E-state index is 13.0. The molecule has 2 aromatic rings. The molecular formula is C27H37F3N2O. The second kappa shape index (κ2) is 11.0. The van der Waals surface area contributed by atoms with Gasteiger partial charge < -0.3 is 15.0 Å². The number of hydrogen-bond donors (Lipinski definition) is 1. The zero-order valence-corrected chi connectivity index (χ0v) is 20.3. The minimum Gasteiger partial charge on any atom is -0.383 e. The normalized spacial score (nSPS) is 16.3. The number of rotatable bonds is 8. The molecule has 0 aromatic heterocycles. The number of nitrogens with zero attached hydrogens (tertiary/aromatic N) is 1. The molecule has 3 rings (SSSR count). The molecule has 33 heavy (non-hydrogen) atoms. The Morgan fingerprint density at radius 1 is 1.00 bits per heavy atom. The maximum atomic E-state index is 13.0. The Bertz CT molecular complexity index is 880. The van der Waals surface area contributed by atoms with Gasteiger partial charge in [0.15, 0.2) is 0 Å². The molecule has 0 atom stereocenters. The lowest BCUT2D eigenvalue weighted by molar-refractivity contribution is -0.137. The van der Waals surface area contributed by atoms with Crippen LogP contribution in [0, 0.1) is 5.41 Å². The van der Waals surface area contributed by atoms with Gasteiger partial charge in [-0.1, -0.05) is 51.1 Å². The molecule has 0 spiro atoms. The fourth-order valence-corrected chi connectivity index (χ4v) is 4.44. The van der Waals surface area contributed by atoms with E-state index in [1.165, 1.54) is 23.3 Å². The lowest BCUT2D eigenvalue weighted by Gasteiger charge is -2.32. The highest BCUT2D eigenvalue weighted by atomic mass is 19.4. The molecule has 1 aliphatic heterocycles. The molecule has 0 bridgehead atoms. The molecule has 0 aliphatic carbocycles. The van der Waals surface area contributed by atoms with Crippen molar-refractivity contribution in [1.29, 1.82) is 0 Å². The van der Waals surface area contributed by atoms with E-state index in [2.05, 4.69) is 49.2 Å². The second-order valence-corrected chi connectivity index (χ2v) is 10.3. The number of likely N-dealkylation sites (tertiary alicyclic amines) is 1. The zero-order valence-electron chi connectivity index (χ0n) is 20.3. The van der Waals surface area contributed by atoms with Crippen LogP contribution in [0.25, 0.3) is 11.1 Å². The number of piperidine rings is 1. The molecular weight excluding hydrogens is 425 g/mol. The minimum absolute atomic E-state index is 0.0712. The summed E-state index contributed by atoms with van der Waals surface area (Å²) in [6.45, 7) is 11.3. The van der Waals surface area contributed by atoms with Gasteiger partial charge in [0.1, 0.15) is 0 Å². The Morgan fingerprint density at radius 3 is 2.24 bits per heavy atom. The van der Waals surface area contributed by atoms with Gasteiger partial charge in [0.05, 0.1) is 12.2 Å². The Kier molecular flexibility index (Phi) is 8.59. The molecule has 2 aromatic carbocycles. The van der Waals surface area contributed by atoms with Gasteiger partial charge in [0.2, 0.25) is 0 Å². The van der Waals surface area contributed by atoms with E-state index >= 15 is 0 Å². The average Bonchev–Trinajstić information content (AvgIpc) is 2.75. The number of alkyl halides is 3. The lowest BCUT2D eigenvalue weighted by atomic mass is 9.84. The summed E-state index contributed by atoms with van der Waals surface area (Å²) in [7, 11) is 1.74. The highest BCUT2D eigenvalue weighted by Gasteiger charge is 2.30. The topological polar surface area (TPSA) is 24.5 Å². The van der Waals surface area contributed by atoms with Crippen LogP contribution in [0.2, 0.25) is 0 Å². The largest absolute Gasteiger partial charge is 0.416 e. The molecule has 182 valence electrons. The third-order valence-corrected chi connectivity index (χ3v) is 6.21. The van der Waals surface area contributed by atoms with E-state index in [-0.39, 0.29) is 5.41 Å². The number of halogens is 3. The Hall–Kier alpha value is -1.89. The van der Waals surface area contributed by atoms with E-state index in [4.69, 9.17) is 4.74 Å². The van der Waals surface area contributed by atoms with Crippen molar-refractivity contribution < 1.29 is 17.9 Å². The molecule has 1 fully saturated rings. The standard InChI is InChI=1S/C27H37F3N2O/c1-26(2,3)18-22-17-20(19-31-24-11-13-32(14-12-24)15-16-33-4)5-10-25(22)21-6-8-23(9-7-21)27(28,29)30/h5-10,17,24,31H,11-16,18-19H2,1-4H3. The summed E-state index contributed by atoms with van der Waals surface area (Å²) in [4.78, 5) is 2.45. The number of nitrogens with one attached hydrogen (secondary N) is 1. The first kappa shape index (κ1) is 25.7. The molecule has 1 aliphatic rings. The molecule has 0 unspecified atom stereocenters. The lowest BCUT2D eigenvalue weighted by Crippen LogP contribution is -2.43. The highest BCUT2D eigenvalue weighted by molar-refractivity contribution is 5.68. The van der Waals surface area contributed by atoms with Crippen LogP contribution in [0.3, 0.4) is 0 Å². The van der Waals surface area contributed by atoms with Crippen LogP contribution in [-0.2, 0) is 23.9 Å². The van der Waals surface area contributed by atoms with Gasteiger partial charge >= 0.3 is 6.18 Å². The highest BCUT2D eigenvalue weighted by Crippen LogP contribution is 2.34. The summed E-state index contributed by atoms with van der Waals surface area (Å²) in [5.41, 5.74) is 3.68. The van der Waals surface area contributed by atoms with E-state index in [1.807, 2.05) is 0 Å². The van der Waals surface area contributed by atoms with E-state index in [1.54, 1.807) is 19.2 Å². The number of hydrogen-bond acceptors (Lipinski definition) is 3. The SMILES string of the molecule is COCCN1CCC(NCc2ccc(-c3ccc(C(F)(F)F)cc3)c(CC(C)(C)C)c2)CC1. The van der Waals surface area contributed by atoms with Gasteiger partial charge in [0, 0.05) is 26.2 Å². The van der Waals surface area contributed by atoms with Crippen LogP contribution in [0.1, 0.15) is 50.3 Å². The summed E-state index contributed by atoms with van der Waals surface area (Å²) < 4.78 is 44.1. The molecule has 1 N–H and O–H groups in total. The fourth-order valence-electron chi connectivity index (χ4n) is 4.44. The Balaban J connectivity index is 1.70. The summed E-state index contributed by atoms with van der Waals surface area (Å²) >= 11 is 0. The predicted molar refractivity (Wildman–Crippen MR) is 128 cm³/mol. The van der Waals surface area contributed by atoms with Crippen molar-refractivity contribution in [3.05, 3.63) is 59.2 Å². The van der Waals surface area contributed by atoms with Crippen molar-refractivity contribution >= 4 is 0 Å². The van der Waals surface area contributed by atoms with Crippen LogP contribution in [0.15, 0.2) is 42.5 Å². The predicted octanol–water partition coefficient (Wildman–Crippen LogP) is 6.16. The molecule has 0 amide bonds. The Labute approximate surface area is 196 Å². The monoisotopic (exact) mass is 462 g/mol. The van der Waals surface area contributed by atoms with E-state index in [0.29, 0.717) is 6.04 Å². The van der Waals surface area contributed by atoms with E-state index < -0.39 is 11.7 Å². The molecule has 0 radical (unpaired) electrons. The summed E-state index contributed by atoms with van der Waals surface area (Å²) in [6.07, 6.45) is -1.21. The first-order valence-electron chi connectivity index (χ1n) is 11.8. The van der Waals surface area contributed by atoms with Crippen LogP contribution < -0.4 is 5.32 Å². The molecule has 1 heterocycles. The fraction of sp³-hybridized carbons (Fsp3) is 0.556. The number of ether oxygens (including phenoxy) is 1.